The van der Waals surface area contributed by atoms with E-state index in [1.807, 2.05) is 24.3 Å². The van der Waals surface area contributed by atoms with E-state index in [2.05, 4.69) is 29.4 Å². The molecule has 21 heavy (non-hydrogen) atoms. The number of ether oxygens (including phenoxy) is 1. The van der Waals surface area contributed by atoms with Crippen LogP contribution in [0.5, 0.6) is 5.75 Å². The van der Waals surface area contributed by atoms with Gasteiger partial charge in [-0.05, 0) is 30.7 Å². The fraction of sp³-hybridized carbons (Fsp3) is 0.353. The summed E-state index contributed by atoms with van der Waals surface area (Å²) >= 11 is 0. The number of nitrogens with one attached hydrogen (secondary N) is 1. The highest BCUT2D eigenvalue weighted by molar-refractivity contribution is 5.44. The van der Waals surface area contributed by atoms with Crippen molar-refractivity contribution in [2.24, 2.45) is 0 Å². The Kier molecular flexibility index (Phi) is 4.06. The maximum Gasteiger partial charge on any atom is 0.128 e. The van der Waals surface area contributed by atoms with E-state index in [1.165, 1.54) is 5.56 Å². The number of nitrogens with zero attached hydrogens (tertiary/aromatic N) is 1. The van der Waals surface area contributed by atoms with Gasteiger partial charge in [0, 0.05) is 18.2 Å². The molecule has 1 aromatic heterocycles. The van der Waals surface area contributed by atoms with Gasteiger partial charge in [-0.1, -0.05) is 31.2 Å². The number of pyridine rings is 1. The molecule has 0 spiro atoms. The van der Waals surface area contributed by atoms with Crippen LogP contribution in [0.15, 0.2) is 42.6 Å². The quantitative estimate of drug-likeness (QED) is 0.885. The lowest BCUT2D eigenvalue weighted by Crippen LogP contribution is -2.36. The second-order valence-electron chi connectivity index (χ2n) is 5.38. The highest BCUT2D eigenvalue weighted by Crippen LogP contribution is 2.35. The molecule has 0 aliphatic carbocycles. The zero-order valence-electron chi connectivity index (χ0n) is 12.3. The maximum atomic E-state index is 6.13. The van der Waals surface area contributed by atoms with Gasteiger partial charge in [0.25, 0.3) is 0 Å². The Bertz CT molecular complexity index is 589. The van der Waals surface area contributed by atoms with E-state index in [0.29, 0.717) is 5.82 Å². The Labute approximate surface area is 125 Å². The number of fused-ring (bicyclic) bond motifs is 1. The van der Waals surface area contributed by atoms with Crippen LogP contribution >= 0.6 is 0 Å². The summed E-state index contributed by atoms with van der Waals surface area (Å²) in [7, 11) is 0. The Morgan fingerprint density at radius 2 is 2.19 bits per heavy atom. The van der Waals surface area contributed by atoms with Crippen molar-refractivity contribution in [2.75, 3.05) is 12.3 Å². The summed E-state index contributed by atoms with van der Waals surface area (Å²) in [6.45, 7) is 3.08. The number of anilines is 1. The van der Waals surface area contributed by atoms with E-state index < -0.39 is 0 Å². The van der Waals surface area contributed by atoms with Crippen LogP contribution in [0.3, 0.4) is 0 Å². The van der Waals surface area contributed by atoms with E-state index in [-0.39, 0.29) is 12.1 Å². The molecule has 3 N–H and O–H groups in total. The monoisotopic (exact) mass is 283 g/mol. The van der Waals surface area contributed by atoms with Crippen molar-refractivity contribution < 1.29 is 4.74 Å². The minimum Gasteiger partial charge on any atom is -0.488 e. The third-order valence-electron chi connectivity index (χ3n) is 3.86. The number of hydrogen-bond acceptors (Lipinski definition) is 4. The van der Waals surface area contributed by atoms with Crippen LogP contribution in [0.2, 0.25) is 0 Å². The van der Waals surface area contributed by atoms with Gasteiger partial charge in [0.15, 0.2) is 0 Å². The van der Waals surface area contributed by atoms with E-state index >= 15 is 0 Å². The van der Waals surface area contributed by atoms with Crippen LogP contribution in [0.4, 0.5) is 5.82 Å². The largest absolute Gasteiger partial charge is 0.488 e. The van der Waals surface area contributed by atoms with Gasteiger partial charge in [0.2, 0.25) is 0 Å². The number of nitrogens with two attached hydrogens (primary N) is 1. The molecule has 2 unspecified atom stereocenters. The van der Waals surface area contributed by atoms with Crippen molar-refractivity contribution >= 4 is 5.82 Å². The Balaban J connectivity index is 1.86. The first-order chi connectivity index (χ1) is 10.3. The molecule has 0 saturated carbocycles. The second kappa shape index (κ2) is 6.14. The zero-order chi connectivity index (χ0) is 14.7. The van der Waals surface area contributed by atoms with Crippen LogP contribution in [-0.4, -0.2) is 17.6 Å². The molecule has 0 saturated heterocycles. The predicted molar refractivity (Wildman–Crippen MR) is 84.2 cm³/mol. The fourth-order valence-corrected chi connectivity index (χ4v) is 2.83. The van der Waals surface area contributed by atoms with Crippen molar-refractivity contribution in [1.82, 2.24) is 10.3 Å². The molecule has 3 rings (SSSR count). The predicted octanol–water partition coefficient (Wildman–Crippen LogP) is 2.71. The van der Waals surface area contributed by atoms with Gasteiger partial charge >= 0.3 is 0 Å². The second-order valence-corrected chi connectivity index (χ2v) is 5.38. The van der Waals surface area contributed by atoms with Crippen molar-refractivity contribution in [2.45, 2.75) is 31.9 Å². The number of aromatic nitrogens is 1. The van der Waals surface area contributed by atoms with Gasteiger partial charge in [-0.3, -0.25) is 0 Å². The lowest BCUT2D eigenvalue weighted by Gasteiger charge is -2.25. The number of hydrogen-bond donors (Lipinski definition) is 2. The number of para-hydroxylation sites is 1. The topological polar surface area (TPSA) is 60.2 Å². The Hall–Kier alpha value is -2.07. The summed E-state index contributed by atoms with van der Waals surface area (Å²) in [5.41, 5.74) is 8.33. The average molecular weight is 283 g/mol. The van der Waals surface area contributed by atoms with E-state index in [0.717, 1.165) is 30.7 Å². The molecular formula is C17H21N3O. The lowest BCUT2D eigenvalue weighted by atomic mass is 9.98. The molecule has 0 amide bonds. The van der Waals surface area contributed by atoms with Crippen molar-refractivity contribution in [3.05, 3.63) is 53.7 Å². The minimum atomic E-state index is 0.0560. The zero-order valence-corrected chi connectivity index (χ0v) is 12.3. The summed E-state index contributed by atoms with van der Waals surface area (Å²) < 4.78 is 6.13. The first-order valence-electron chi connectivity index (χ1n) is 7.48. The fourth-order valence-electron chi connectivity index (χ4n) is 2.83. The van der Waals surface area contributed by atoms with Crippen molar-refractivity contribution in [3.8, 4) is 5.75 Å². The molecule has 4 heteroatoms. The van der Waals surface area contributed by atoms with Gasteiger partial charge < -0.3 is 15.8 Å². The van der Waals surface area contributed by atoms with Gasteiger partial charge in [-0.2, -0.15) is 0 Å². The normalized spacial score (nSPS) is 18.0. The summed E-state index contributed by atoms with van der Waals surface area (Å²) in [4.78, 5) is 4.21. The first kappa shape index (κ1) is 13.9. The molecule has 0 bridgehead atoms. The number of nitrogen functional groups attached to an aromatic ring is 1. The lowest BCUT2D eigenvalue weighted by molar-refractivity contribution is 0.179. The maximum absolute atomic E-state index is 6.13. The van der Waals surface area contributed by atoms with Crippen molar-refractivity contribution in [1.29, 1.82) is 0 Å². The third-order valence-corrected chi connectivity index (χ3v) is 3.86. The Morgan fingerprint density at radius 1 is 1.33 bits per heavy atom. The van der Waals surface area contributed by atoms with Crippen LogP contribution in [0.25, 0.3) is 0 Å². The van der Waals surface area contributed by atoms with Crippen LogP contribution in [0, 0.1) is 0 Å². The van der Waals surface area contributed by atoms with Gasteiger partial charge in [0.1, 0.15) is 17.7 Å². The molecule has 2 heterocycles. The van der Waals surface area contributed by atoms with E-state index in [4.69, 9.17) is 10.5 Å². The molecule has 1 aliphatic rings. The molecule has 4 nitrogen and oxygen atoms in total. The summed E-state index contributed by atoms with van der Waals surface area (Å²) in [6.07, 6.45) is 3.74. The van der Waals surface area contributed by atoms with E-state index in [1.54, 1.807) is 6.20 Å². The molecular weight excluding hydrogens is 262 g/mol. The summed E-state index contributed by atoms with van der Waals surface area (Å²) in [5, 5.41) is 3.56. The molecule has 1 aromatic carbocycles. The molecule has 0 fully saturated rings. The highest BCUT2D eigenvalue weighted by atomic mass is 16.5. The molecule has 110 valence electrons. The standard InChI is InChI=1S/C17H21N3O/c1-2-9-19-16(13-7-5-10-20-17(13)18)15-11-12-6-3-4-8-14(12)21-15/h3-8,10,15-16,19H,2,9,11H2,1H3,(H2,18,20). The third kappa shape index (κ3) is 2.85. The Morgan fingerprint density at radius 3 is 2.95 bits per heavy atom. The SMILES string of the molecule is CCCNC(c1cccnc1N)C1Cc2ccccc2O1. The number of benzene rings is 1. The van der Waals surface area contributed by atoms with Gasteiger partial charge in [-0.25, -0.2) is 4.98 Å². The van der Waals surface area contributed by atoms with Crippen molar-refractivity contribution in [3.63, 3.8) is 0 Å². The first-order valence-corrected chi connectivity index (χ1v) is 7.48. The minimum absolute atomic E-state index is 0.0560. The molecule has 0 radical (unpaired) electrons. The molecule has 2 atom stereocenters. The van der Waals surface area contributed by atoms with Gasteiger partial charge in [-0.15, -0.1) is 0 Å². The smallest absolute Gasteiger partial charge is 0.128 e. The van der Waals surface area contributed by atoms with Crippen LogP contribution < -0.4 is 15.8 Å². The van der Waals surface area contributed by atoms with Crippen LogP contribution in [0.1, 0.15) is 30.5 Å². The highest BCUT2D eigenvalue weighted by Gasteiger charge is 2.32. The van der Waals surface area contributed by atoms with Crippen LogP contribution in [-0.2, 0) is 6.42 Å². The molecule has 1 aliphatic heterocycles. The summed E-state index contributed by atoms with van der Waals surface area (Å²) in [6, 6.07) is 12.2. The number of rotatable bonds is 5. The van der Waals surface area contributed by atoms with E-state index in [9.17, 15) is 0 Å². The summed E-state index contributed by atoms with van der Waals surface area (Å²) in [5.74, 6) is 1.55. The molecule has 2 aromatic rings. The average Bonchev–Trinajstić information content (AvgIpc) is 2.93. The van der Waals surface area contributed by atoms with Gasteiger partial charge in [0.05, 0.1) is 6.04 Å².